The summed E-state index contributed by atoms with van der Waals surface area (Å²) in [7, 11) is 0. The number of hydrogen-bond donors (Lipinski definition) is 4. The molecule has 4 N–H and O–H groups in total. The molecule has 14 nitrogen and oxygen atoms in total. The summed E-state index contributed by atoms with van der Waals surface area (Å²) >= 11 is 22.6. The minimum atomic E-state index is -0.0874. The van der Waals surface area contributed by atoms with Gasteiger partial charge in [0.2, 0.25) is 33.0 Å². The van der Waals surface area contributed by atoms with Gasteiger partial charge in [-0.2, -0.15) is 29.9 Å². The Hall–Kier alpha value is -2.68. The Balaban J connectivity index is 1.56. The van der Waals surface area contributed by atoms with Crippen molar-refractivity contribution in [3.63, 3.8) is 0 Å². The molecule has 0 atom stereocenters. The molecule has 0 unspecified atom stereocenters. The third-order valence-corrected chi connectivity index (χ3v) is 2.89. The monoisotopic (exact) mass is 436 g/mol. The first kappa shape index (κ1) is 18.1. The highest BCUT2D eigenvalue weighted by Gasteiger charge is 2.06. The van der Waals surface area contributed by atoms with Crippen molar-refractivity contribution in [1.29, 1.82) is 0 Å². The van der Waals surface area contributed by atoms with E-state index in [-0.39, 0.29) is 44.9 Å². The standard InChI is InChI=1S/C8H4Cl4N14/c9-1-13-2(10)16-5(15-1)19-21-7-23-25-8(26-24-7)22-20-6-17-3(11)14-4(12)18-6/h(H,21,23,24)(H,22,25,26)(H,13,15,16,19)(H,14,17,18,20). The molecule has 3 aromatic heterocycles. The number of hydrazine groups is 2. The summed E-state index contributed by atoms with van der Waals surface area (Å²) in [6.45, 7) is 0. The lowest BCUT2D eigenvalue weighted by atomic mass is 10.9. The summed E-state index contributed by atoms with van der Waals surface area (Å²) in [6.07, 6.45) is 0. The molecule has 18 heteroatoms. The maximum atomic E-state index is 5.64. The smallest absolute Gasteiger partial charge is 0.265 e. The van der Waals surface area contributed by atoms with Crippen LogP contribution in [0.2, 0.25) is 21.1 Å². The predicted octanol–water partition coefficient (Wildman–Crippen LogP) is 1.13. The minimum absolute atomic E-state index is 0.00876. The van der Waals surface area contributed by atoms with Gasteiger partial charge < -0.3 is 0 Å². The average molecular weight is 438 g/mol. The van der Waals surface area contributed by atoms with Gasteiger partial charge in [-0.05, 0) is 46.4 Å². The van der Waals surface area contributed by atoms with Gasteiger partial charge in [-0.25, -0.2) is 0 Å². The number of hydrogen-bond acceptors (Lipinski definition) is 14. The van der Waals surface area contributed by atoms with E-state index in [2.05, 4.69) is 72.0 Å². The molecule has 0 aromatic carbocycles. The molecule has 134 valence electrons. The van der Waals surface area contributed by atoms with E-state index in [1.165, 1.54) is 0 Å². The van der Waals surface area contributed by atoms with Crippen LogP contribution >= 0.6 is 46.4 Å². The zero-order chi connectivity index (χ0) is 18.5. The van der Waals surface area contributed by atoms with Crippen molar-refractivity contribution in [3.05, 3.63) is 21.1 Å². The summed E-state index contributed by atoms with van der Waals surface area (Å²) in [5.41, 5.74) is 10.2. The Morgan fingerprint density at radius 2 is 0.654 bits per heavy atom. The largest absolute Gasteiger partial charge is 0.280 e. The molecule has 0 aliphatic rings. The summed E-state index contributed by atoms with van der Waals surface area (Å²) in [6, 6.07) is 0. The number of nitrogens with zero attached hydrogens (tertiary/aromatic N) is 10. The Morgan fingerprint density at radius 3 is 0.962 bits per heavy atom. The van der Waals surface area contributed by atoms with Crippen LogP contribution in [0.15, 0.2) is 0 Å². The van der Waals surface area contributed by atoms with Gasteiger partial charge in [0.15, 0.2) is 0 Å². The molecule has 0 aliphatic heterocycles. The van der Waals surface area contributed by atoms with Crippen LogP contribution in [-0.4, -0.2) is 50.3 Å². The van der Waals surface area contributed by atoms with Gasteiger partial charge in [0.25, 0.3) is 11.9 Å². The average Bonchev–Trinajstić information content (AvgIpc) is 2.57. The van der Waals surface area contributed by atoms with Gasteiger partial charge >= 0.3 is 0 Å². The Bertz CT molecular complexity index is 791. The fraction of sp³-hybridized carbons (Fsp3) is 0. The highest BCUT2D eigenvalue weighted by Crippen LogP contribution is 2.10. The number of rotatable bonds is 6. The highest BCUT2D eigenvalue weighted by atomic mass is 35.5. The van der Waals surface area contributed by atoms with Crippen LogP contribution in [0.4, 0.5) is 23.8 Å². The van der Waals surface area contributed by atoms with Crippen LogP contribution in [0, 0.1) is 0 Å². The molecular formula is C8H4Cl4N14. The molecule has 0 amide bonds. The zero-order valence-electron chi connectivity index (χ0n) is 12.0. The lowest BCUT2D eigenvalue weighted by Gasteiger charge is -2.07. The minimum Gasteiger partial charge on any atom is -0.265 e. The first-order chi connectivity index (χ1) is 12.5. The van der Waals surface area contributed by atoms with Crippen molar-refractivity contribution in [3.8, 4) is 0 Å². The van der Waals surface area contributed by atoms with Gasteiger partial charge in [0.05, 0.1) is 0 Å². The molecule has 0 fully saturated rings. The molecular weight excluding hydrogens is 434 g/mol. The number of anilines is 4. The SMILES string of the molecule is Clc1nc(Cl)nc(NNc2nnc(NNc3nc(Cl)nc(Cl)n3)nn2)n1. The van der Waals surface area contributed by atoms with Crippen molar-refractivity contribution in [1.82, 2.24) is 50.3 Å². The lowest BCUT2D eigenvalue weighted by molar-refractivity contribution is 0.861. The summed E-state index contributed by atoms with van der Waals surface area (Å²) < 4.78 is 0. The lowest BCUT2D eigenvalue weighted by Crippen LogP contribution is -2.18. The van der Waals surface area contributed by atoms with E-state index >= 15 is 0 Å². The Morgan fingerprint density at radius 1 is 0.385 bits per heavy atom. The molecule has 26 heavy (non-hydrogen) atoms. The fourth-order valence-corrected chi connectivity index (χ4v) is 2.04. The van der Waals surface area contributed by atoms with Crippen LogP contribution in [0.25, 0.3) is 0 Å². The van der Waals surface area contributed by atoms with Gasteiger partial charge in [-0.15, -0.1) is 20.4 Å². The van der Waals surface area contributed by atoms with Gasteiger partial charge in [-0.3, -0.25) is 21.7 Å². The van der Waals surface area contributed by atoms with E-state index in [4.69, 9.17) is 46.4 Å². The first-order valence-corrected chi connectivity index (χ1v) is 7.75. The Kier molecular flexibility index (Phi) is 5.67. The third kappa shape index (κ3) is 5.16. The van der Waals surface area contributed by atoms with E-state index in [1.54, 1.807) is 0 Å². The molecule has 0 aliphatic carbocycles. The second-order valence-electron chi connectivity index (χ2n) is 3.94. The van der Waals surface area contributed by atoms with Crippen LogP contribution in [0.5, 0.6) is 0 Å². The van der Waals surface area contributed by atoms with Gasteiger partial charge in [0, 0.05) is 0 Å². The van der Waals surface area contributed by atoms with Crippen molar-refractivity contribution in [2.75, 3.05) is 21.7 Å². The molecule has 0 saturated carbocycles. The molecule has 3 heterocycles. The van der Waals surface area contributed by atoms with E-state index < -0.39 is 0 Å². The van der Waals surface area contributed by atoms with Gasteiger partial charge in [-0.1, -0.05) is 0 Å². The Labute approximate surface area is 163 Å². The maximum absolute atomic E-state index is 5.64. The van der Waals surface area contributed by atoms with Crippen molar-refractivity contribution in [2.24, 2.45) is 0 Å². The normalized spacial score (nSPS) is 10.3. The summed E-state index contributed by atoms with van der Waals surface area (Å²) in [5, 5.41) is 14.6. The maximum Gasteiger partial charge on any atom is 0.280 e. The first-order valence-electron chi connectivity index (χ1n) is 6.23. The fourth-order valence-electron chi connectivity index (χ4n) is 1.32. The van der Waals surface area contributed by atoms with Crippen LogP contribution in [0.1, 0.15) is 0 Å². The predicted molar refractivity (Wildman–Crippen MR) is 91.8 cm³/mol. The van der Waals surface area contributed by atoms with E-state index in [9.17, 15) is 0 Å². The second-order valence-corrected chi connectivity index (χ2v) is 5.29. The number of aromatic nitrogens is 10. The van der Waals surface area contributed by atoms with Crippen LogP contribution in [-0.2, 0) is 0 Å². The van der Waals surface area contributed by atoms with Crippen molar-refractivity contribution < 1.29 is 0 Å². The summed E-state index contributed by atoms with van der Waals surface area (Å²) in [4.78, 5) is 22.3. The summed E-state index contributed by atoms with van der Waals surface area (Å²) in [5.74, 6) is 0.112. The molecule has 0 saturated heterocycles. The zero-order valence-corrected chi connectivity index (χ0v) is 15.0. The van der Waals surface area contributed by atoms with Crippen LogP contribution < -0.4 is 21.7 Å². The molecule has 0 spiro atoms. The van der Waals surface area contributed by atoms with Crippen LogP contribution in [0.3, 0.4) is 0 Å². The van der Waals surface area contributed by atoms with E-state index in [1.807, 2.05) is 0 Å². The van der Waals surface area contributed by atoms with E-state index in [0.717, 1.165) is 0 Å². The van der Waals surface area contributed by atoms with Crippen molar-refractivity contribution in [2.45, 2.75) is 0 Å². The number of halogens is 4. The molecule has 3 aromatic rings. The third-order valence-electron chi connectivity index (χ3n) is 2.21. The van der Waals surface area contributed by atoms with Gasteiger partial charge in [0.1, 0.15) is 0 Å². The number of nitrogens with one attached hydrogen (secondary N) is 4. The van der Waals surface area contributed by atoms with Crippen molar-refractivity contribution >= 4 is 70.2 Å². The quantitative estimate of drug-likeness (QED) is 0.403. The van der Waals surface area contributed by atoms with E-state index in [0.29, 0.717) is 0 Å². The second kappa shape index (κ2) is 8.13. The highest BCUT2D eigenvalue weighted by molar-refractivity contribution is 6.31. The molecule has 3 rings (SSSR count). The topological polar surface area (TPSA) is 177 Å². The molecule has 0 radical (unpaired) electrons. The molecule has 0 bridgehead atoms.